The van der Waals surface area contributed by atoms with Gasteiger partial charge in [-0.15, -0.1) is 0 Å². The number of nitrogens with one attached hydrogen (secondary N) is 1. The number of amides is 1. The number of aliphatic imine (C=N–C) groups is 1. The fraction of sp³-hybridized carbons (Fsp3) is 0.636. The summed E-state index contributed by atoms with van der Waals surface area (Å²) in [7, 11) is 0. The Morgan fingerprint density at radius 1 is 1.20 bits per heavy atom. The van der Waals surface area contributed by atoms with Crippen LogP contribution < -0.4 is 10.2 Å². The summed E-state index contributed by atoms with van der Waals surface area (Å²) in [5, 5.41) is 3.54. The van der Waals surface area contributed by atoms with Crippen molar-refractivity contribution >= 4 is 17.7 Å². The highest BCUT2D eigenvalue weighted by atomic mass is 16.6. The summed E-state index contributed by atoms with van der Waals surface area (Å²) in [5.41, 5.74) is 2.05. The Bertz CT molecular complexity index is 785. The zero-order valence-corrected chi connectivity index (χ0v) is 18.3. The Morgan fingerprint density at radius 3 is 2.73 bits per heavy atom. The Balaban J connectivity index is 1.33. The summed E-state index contributed by atoms with van der Waals surface area (Å²) < 4.78 is 11.0. The van der Waals surface area contributed by atoms with Gasteiger partial charge in [0.05, 0.1) is 25.8 Å². The van der Waals surface area contributed by atoms with E-state index < -0.39 is 5.60 Å². The summed E-state index contributed by atoms with van der Waals surface area (Å²) >= 11 is 0. The van der Waals surface area contributed by atoms with E-state index in [1.807, 2.05) is 20.8 Å². The van der Waals surface area contributed by atoms with Crippen molar-refractivity contribution in [3.05, 3.63) is 29.8 Å². The van der Waals surface area contributed by atoms with Gasteiger partial charge in [0.2, 0.25) is 0 Å². The molecule has 2 saturated heterocycles. The highest BCUT2D eigenvalue weighted by molar-refractivity contribution is 5.82. The zero-order valence-electron chi connectivity index (χ0n) is 18.3. The molecule has 164 valence electrons. The van der Waals surface area contributed by atoms with Crippen LogP contribution in [0.5, 0.6) is 0 Å². The standard InChI is InChI=1S/C22H33N5O3/c1-22(2,3)30-21(28)26-8-9-27-18(16-26)15-24-20(27)23-14-17-6-4-5-7-19(17)25-10-12-29-13-11-25/h4-7,18H,8-16H2,1-3H3,(H,23,24). The van der Waals surface area contributed by atoms with Crippen LogP contribution in [0.1, 0.15) is 26.3 Å². The van der Waals surface area contributed by atoms with Crippen LogP contribution in [-0.4, -0.2) is 86.0 Å². The SMILES string of the molecule is CC(C)(C)OC(=O)N1CCN2C(NCc3ccccc3N3CCOCC3)=NCC2C1. The molecule has 3 aliphatic heterocycles. The lowest BCUT2D eigenvalue weighted by atomic mass is 10.1. The summed E-state index contributed by atoms with van der Waals surface area (Å²) in [4.78, 5) is 23.6. The predicted molar refractivity (Wildman–Crippen MR) is 117 cm³/mol. The van der Waals surface area contributed by atoms with Crippen LogP contribution in [0.25, 0.3) is 0 Å². The molecule has 0 radical (unpaired) electrons. The number of piperazine rings is 1. The maximum absolute atomic E-state index is 12.4. The topological polar surface area (TPSA) is 69.6 Å². The molecule has 1 aromatic rings. The van der Waals surface area contributed by atoms with E-state index >= 15 is 0 Å². The molecule has 2 fully saturated rings. The van der Waals surface area contributed by atoms with Gasteiger partial charge < -0.3 is 29.5 Å². The van der Waals surface area contributed by atoms with Crippen molar-refractivity contribution in [2.24, 2.45) is 4.99 Å². The highest BCUT2D eigenvalue weighted by Crippen LogP contribution is 2.23. The van der Waals surface area contributed by atoms with Crippen molar-refractivity contribution in [2.75, 3.05) is 57.4 Å². The third-order valence-corrected chi connectivity index (χ3v) is 5.64. The molecular weight excluding hydrogens is 382 g/mol. The number of carbonyl (C=O) groups excluding carboxylic acids is 1. The second-order valence-corrected chi connectivity index (χ2v) is 9.02. The van der Waals surface area contributed by atoms with Gasteiger partial charge >= 0.3 is 6.09 Å². The largest absolute Gasteiger partial charge is 0.444 e. The smallest absolute Gasteiger partial charge is 0.410 e. The first-order valence-electron chi connectivity index (χ1n) is 10.8. The number of nitrogens with zero attached hydrogens (tertiary/aromatic N) is 4. The number of guanidine groups is 1. The number of hydrogen-bond donors (Lipinski definition) is 1. The summed E-state index contributed by atoms with van der Waals surface area (Å²) in [6, 6.07) is 8.74. The van der Waals surface area contributed by atoms with E-state index in [4.69, 9.17) is 14.5 Å². The summed E-state index contributed by atoms with van der Waals surface area (Å²) in [6.07, 6.45) is -0.233. The third-order valence-electron chi connectivity index (χ3n) is 5.64. The van der Waals surface area contributed by atoms with Crippen LogP contribution in [0, 0.1) is 0 Å². The average molecular weight is 416 g/mol. The molecule has 3 heterocycles. The van der Waals surface area contributed by atoms with Gasteiger partial charge in [0.25, 0.3) is 0 Å². The first kappa shape index (κ1) is 20.8. The van der Waals surface area contributed by atoms with E-state index in [-0.39, 0.29) is 12.1 Å². The van der Waals surface area contributed by atoms with E-state index in [1.54, 1.807) is 4.90 Å². The number of hydrogen-bond acceptors (Lipinski definition) is 7. The van der Waals surface area contributed by atoms with Gasteiger partial charge in [-0.1, -0.05) is 18.2 Å². The Hall–Kier alpha value is -2.48. The maximum Gasteiger partial charge on any atom is 0.410 e. The Labute approximate surface area is 178 Å². The van der Waals surface area contributed by atoms with Crippen LogP contribution in [-0.2, 0) is 16.0 Å². The van der Waals surface area contributed by atoms with Crippen molar-refractivity contribution in [3.8, 4) is 0 Å². The van der Waals surface area contributed by atoms with E-state index in [2.05, 4.69) is 39.4 Å². The van der Waals surface area contributed by atoms with E-state index in [1.165, 1.54) is 11.3 Å². The molecule has 1 atom stereocenters. The van der Waals surface area contributed by atoms with Gasteiger partial charge in [-0.2, -0.15) is 0 Å². The van der Waals surface area contributed by atoms with Crippen molar-refractivity contribution in [2.45, 2.75) is 39.0 Å². The Kier molecular flexibility index (Phi) is 6.04. The third kappa shape index (κ3) is 4.80. The van der Waals surface area contributed by atoms with Crippen LogP contribution in [0.15, 0.2) is 29.3 Å². The van der Waals surface area contributed by atoms with Gasteiger partial charge in [-0.25, -0.2) is 4.79 Å². The fourth-order valence-electron chi connectivity index (χ4n) is 4.17. The van der Waals surface area contributed by atoms with Crippen molar-refractivity contribution in [3.63, 3.8) is 0 Å². The number of morpholine rings is 1. The van der Waals surface area contributed by atoms with E-state index in [0.29, 0.717) is 19.6 Å². The van der Waals surface area contributed by atoms with Crippen molar-refractivity contribution in [1.82, 2.24) is 15.1 Å². The number of fused-ring (bicyclic) bond motifs is 1. The molecule has 0 aromatic heterocycles. The first-order valence-corrected chi connectivity index (χ1v) is 10.8. The number of carbonyl (C=O) groups is 1. The number of ether oxygens (including phenoxy) is 2. The summed E-state index contributed by atoms with van der Waals surface area (Å²) in [5.74, 6) is 0.931. The maximum atomic E-state index is 12.4. The number of rotatable bonds is 3. The molecule has 8 nitrogen and oxygen atoms in total. The predicted octanol–water partition coefficient (Wildman–Crippen LogP) is 1.90. The molecule has 4 rings (SSSR count). The minimum Gasteiger partial charge on any atom is -0.444 e. The monoisotopic (exact) mass is 415 g/mol. The molecular formula is C22H33N5O3. The molecule has 1 N–H and O–H groups in total. The highest BCUT2D eigenvalue weighted by Gasteiger charge is 2.36. The molecule has 0 bridgehead atoms. The molecule has 1 unspecified atom stereocenters. The molecule has 3 aliphatic rings. The quantitative estimate of drug-likeness (QED) is 0.813. The van der Waals surface area contributed by atoms with Crippen molar-refractivity contribution in [1.29, 1.82) is 0 Å². The molecule has 0 spiro atoms. The van der Waals surface area contributed by atoms with E-state index in [9.17, 15) is 4.79 Å². The molecule has 30 heavy (non-hydrogen) atoms. The van der Waals surface area contributed by atoms with Crippen LogP contribution in [0.2, 0.25) is 0 Å². The molecule has 0 saturated carbocycles. The molecule has 8 heteroatoms. The van der Waals surface area contributed by atoms with Gasteiger partial charge in [0, 0.05) is 45.0 Å². The molecule has 1 aromatic carbocycles. The molecule has 1 amide bonds. The van der Waals surface area contributed by atoms with Crippen LogP contribution >= 0.6 is 0 Å². The zero-order chi connectivity index (χ0) is 21.1. The lowest BCUT2D eigenvalue weighted by Crippen LogP contribution is -2.57. The van der Waals surface area contributed by atoms with Crippen LogP contribution in [0.4, 0.5) is 10.5 Å². The van der Waals surface area contributed by atoms with Crippen LogP contribution in [0.3, 0.4) is 0 Å². The summed E-state index contributed by atoms with van der Waals surface area (Å²) in [6.45, 7) is 12.6. The Morgan fingerprint density at radius 2 is 1.97 bits per heavy atom. The number of benzene rings is 1. The van der Waals surface area contributed by atoms with Gasteiger partial charge in [-0.05, 0) is 32.4 Å². The van der Waals surface area contributed by atoms with Gasteiger partial charge in [-0.3, -0.25) is 4.99 Å². The van der Waals surface area contributed by atoms with Gasteiger partial charge in [0.1, 0.15) is 5.60 Å². The average Bonchev–Trinajstić information content (AvgIpc) is 3.14. The van der Waals surface area contributed by atoms with Gasteiger partial charge in [0.15, 0.2) is 5.96 Å². The fourth-order valence-corrected chi connectivity index (χ4v) is 4.17. The normalized spacial score (nSPS) is 21.9. The number of para-hydroxylation sites is 1. The molecule has 0 aliphatic carbocycles. The first-order chi connectivity index (χ1) is 14.4. The lowest BCUT2D eigenvalue weighted by molar-refractivity contribution is 0.0137. The minimum absolute atomic E-state index is 0.211. The number of anilines is 1. The van der Waals surface area contributed by atoms with E-state index in [0.717, 1.165) is 45.4 Å². The minimum atomic E-state index is -0.471. The second kappa shape index (κ2) is 8.71. The second-order valence-electron chi connectivity index (χ2n) is 9.02. The lowest BCUT2D eigenvalue weighted by Gasteiger charge is -2.39. The van der Waals surface area contributed by atoms with Crippen molar-refractivity contribution < 1.29 is 14.3 Å².